The average molecular weight is 304 g/mol. The zero-order valence-corrected chi connectivity index (χ0v) is 13.2. The molecule has 22 heavy (non-hydrogen) atoms. The van der Waals surface area contributed by atoms with Crippen LogP contribution in [0.1, 0.15) is 49.8 Å². The number of aryl methyl sites for hydroxylation is 1. The van der Waals surface area contributed by atoms with Gasteiger partial charge >= 0.3 is 6.03 Å². The molecule has 0 bridgehead atoms. The van der Waals surface area contributed by atoms with Crippen molar-refractivity contribution in [3.05, 3.63) is 27.9 Å². The van der Waals surface area contributed by atoms with Crippen molar-refractivity contribution in [2.75, 3.05) is 6.54 Å². The number of aromatic nitrogens is 2. The minimum Gasteiger partial charge on any atom is -0.335 e. The van der Waals surface area contributed by atoms with Gasteiger partial charge in [0.15, 0.2) is 0 Å². The Labute approximate surface area is 130 Å². The van der Waals surface area contributed by atoms with Crippen molar-refractivity contribution in [1.82, 2.24) is 19.8 Å². The molecule has 1 N–H and O–H groups in total. The summed E-state index contributed by atoms with van der Waals surface area (Å²) in [5, 5.41) is 3.16. The molecule has 1 aliphatic carbocycles. The van der Waals surface area contributed by atoms with Gasteiger partial charge in [0.2, 0.25) is 0 Å². The minimum absolute atomic E-state index is 0.00817. The Kier molecular flexibility index (Phi) is 4.45. The Morgan fingerprint density at radius 2 is 2.00 bits per heavy atom. The van der Waals surface area contributed by atoms with Gasteiger partial charge in [-0.15, -0.1) is 0 Å². The third-order valence-electron chi connectivity index (χ3n) is 4.76. The highest BCUT2D eigenvalue weighted by Gasteiger charge is 2.25. The van der Waals surface area contributed by atoms with Crippen LogP contribution >= 0.6 is 0 Å². The SMILES string of the molecule is Cn1cnc2c(c1=O)CCN(C(=O)NC1CCCCCC1)C2. The number of amides is 2. The number of nitrogens with zero attached hydrogens (tertiary/aromatic N) is 3. The number of nitrogens with one attached hydrogen (secondary N) is 1. The molecule has 6 nitrogen and oxygen atoms in total. The molecule has 2 heterocycles. The predicted molar refractivity (Wildman–Crippen MR) is 83.6 cm³/mol. The lowest BCUT2D eigenvalue weighted by atomic mass is 10.1. The average Bonchev–Trinajstić information content (AvgIpc) is 2.79. The van der Waals surface area contributed by atoms with Crippen LogP contribution in [0.2, 0.25) is 0 Å². The first-order chi connectivity index (χ1) is 10.6. The van der Waals surface area contributed by atoms with Crippen LogP contribution in [0.5, 0.6) is 0 Å². The normalized spacial score (nSPS) is 19.4. The summed E-state index contributed by atoms with van der Waals surface area (Å²) in [6, 6.07) is 0.285. The summed E-state index contributed by atoms with van der Waals surface area (Å²) in [7, 11) is 1.71. The van der Waals surface area contributed by atoms with E-state index >= 15 is 0 Å². The zero-order chi connectivity index (χ0) is 15.5. The maximum Gasteiger partial charge on any atom is 0.317 e. The fourth-order valence-electron chi connectivity index (χ4n) is 3.38. The number of carbonyl (C=O) groups excluding carboxylic acids is 1. The van der Waals surface area contributed by atoms with Crippen molar-refractivity contribution in [2.24, 2.45) is 7.05 Å². The van der Waals surface area contributed by atoms with Crippen molar-refractivity contribution in [2.45, 2.75) is 57.5 Å². The molecule has 0 spiro atoms. The Bertz CT molecular complexity index is 603. The lowest BCUT2D eigenvalue weighted by Crippen LogP contribution is -2.47. The van der Waals surface area contributed by atoms with Gasteiger partial charge in [0, 0.05) is 25.2 Å². The Balaban J connectivity index is 1.65. The molecule has 2 aliphatic rings. The van der Waals surface area contributed by atoms with Gasteiger partial charge in [-0.2, -0.15) is 0 Å². The molecule has 0 unspecified atom stereocenters. The number of hydrogen-bond donors (Lipinski definition) is 1. The molecular formula is C16H24N4O2. The van der Waals surface area contributed by atoms with Crippen molar-refractivity contribution >= 4 is 6.03 Å². The molecule has 1 aromatic rings. The number of hydrogen-bond acceptors (Lipinski definition) is 3. The van der Waals surface area contributed by atoms with Crippen LogP contribution in [-0.2, 0) is 20.0 Å². The summed E-state index contributed by atoms with van der Waals surface area (Å²) < 4.78 is 1.50. The lowest BCUT2D eigenvalue weighted by Gasteiger charge is -2.29. The summed E-state index contributed by atoms with van der Waals surface area (Å²) in [5.41, 5.74) is 1.50. The van der Waals surface area contributed by atoms with E-state index in [1.165, 1.54) is 36.6 Å². The fourth-order valence-corrected chi connectivity index (χ4v) is 3.38. The standard InChI is InChI=1S/C16H24N4O2/c1-19-11-17-14-10-20(9-8-13(14)15(19)21)16(22)18-12-6-4-2-3-5-7-12/h11-12H,2-10H2,1H3,(H,18,22). The first-order valence-corrected chi connectivity index (χ1v) is 8.24. The molecule has 0 aromatic carbocycles. The van der Waals surface area contributed by atoms with E-state index in [0.29, 0.717) is 25.6 Å². The van der Waals surface area contributed by atoms with Crippen molar-refractivity contribution < 1.29 is 4.79 Å². The summed E-state index contributed by atoms with van der Waals surface area (Å²) in [4.78, 5) is 30.6. The third kappa shape index (κ3) is 3.15. The van der Waals surface area contributed by atoms with Crippen molar-refractivity contribution in [3.63, 3.8) is 0 Å². The molecule has 120 valence electrons. The minimum atomic E-state index is -0.0139. The van der Waals surface area contributed by atoms with Crippen LogP contribution in [0.15, 0.2) is 11.1 Å². The molecule has 2 amide bonds. The molecule has 6 heteroatoms. The lowest BCUT2D eigenvalue weighted by molar-refractivity contribution is 0.185. The van der Waals surface area contributed by atoms with Crippen LogP contribution in [0, 0.1) is 0 Å². The number of fused-ring (bicyclic) bond motifs is 1. The van der Waals surface area contributed by atoms with Crippen LogP contribution in [0.3, 0.4) is 0 Å². The van der Waals surface area contributed by atoms with Crippen LogP contribution in [0.25, 0.3) is 0 Å². The largest absolute Gasteiger partial charge is 0.335 e. The van der Waals surface area contributed by atoms with Crippen LogP contribution < -0.4 is 10.9 Å². The maximum absolute atomic E-state index is 12.4. The number of carbonyl (C=O) groups is 1. The molecule has 1 saturated carbocycles. The van der Waals surface area contributed by atoms with Crippen LogP contribution in [-0.4, -0.2) is 33.1 Å². The monoisotopic (exact) mass is 304 g/mol. The topological polar surface area (TPSA) is 67.2 Å². The van der Waals surface area contributed by atoms with Gasteiger partial charge in [0.1, 0.15) is 0 Å². The second-order valence-electron chi connectivity index (χ2n) is 6.40. The first-order valence-electron chi connectivity index (χ1n) is 8.24. The van der Waals surface area contributed by atoms with Gasteiger partial charge in [-0.25, -0.2) is 9.78 Å². The highest BCUT2D eigenvalue weighted by atomic mass is 16.2. The molecule has 0 radical (unpaired) electrons. The van der Waals surface area contributed by atoms with Crippen molar-refractivity contribution in [1.29, 1.82) is 0 Å². The molecule has 0 atom stereocenters. The summed E-state index contributed by atoms with van der Waals surface area (Å²) >= 11 is 0. The molecule has 3 rings (SSSR count). The van der Waals surface area contributed by atoms with Crippen molar-refractivity contribution in [3.8, 4) is 0 Å². The van der Waals surface area contributed by atoms with E-state index in [4.69, 9.17) is 0 Å². The molecular weight excluding hydrogens is 280 g/mol. The van der Waals surface area contributed by atoms with E-state index in [1.807, 2.05) is 0 Å². The van der Waals surface area contributed by atoms with Crippen LogP contribution in [0.4, 0.5) is 4.79 Å². The summed E-state index contributed by atoms with van der Waals surface area (Å²) in [6.07, 6.45) is 9.23. The number of rotatable bonds is 1. The van der Waals surface area contributed by atoms with E-state index < -0.39 is 0 Å². The Morgan fingerprint density at radius 3 is 2.73 bits per heavy atom. The number of urea groups is 1. The molecule has 1 fully saturated rings. The van der Waals surface area contributed by atoms with Gasteiger partial charge in [-0.3, -0.25) is 4.79 Å². The summed E-state index contributed by atoms with van der Waals surface area (Å²) in [5.74, 6) is 0. The van der Waals surface area contributed by atoms with Gasteiger partial charge in [0.05, 0.1) is 18.6 Å². The molecule has 1 aromatic heterocycles. The third-order valence-corrected chi connectivity index (χ3v) is 4.76. The molecule has 0 saturated heterocycles. The second-order valence-corrected chi connectivity index (χ2v) is 6.40. The smallest absolute Gasteiger partial charge is 0.317 e. The second kappa shape index (κ2) is 6.50. The zero-order valence-electron chi connectivity index (χ0n) is 13.2. The van der Waals surface area contributed by atoms with Gasteiger partial charge < -0.3 is 14.8 Å². The van der Waals surface area contributed by atoms with E-state index in [2.05, 4.69) is 10.3 Å². The highest BCUT2D eigenvalue weighted by molar-refractivity contribution is 5.74. The maximum atomic E-state index is 12.4. The van der Waals surface area contributed by atoms with E-state index in [1.54, 1.807) is 11.9 Å². The first kappa shape index (κ1) is 15.1. The van der Waals surface area contributed by atoms with E-state index in [-0.39, 0.29) is 11.6 Å². The molecule has 1 aliphatic heterocycles. The summed E-state index contributed by atoms with van der Waals surface area (Å²) in [6.45, 7) is 1.02. The Hall–Kier alpha value is -1.85. The Morgan fingerprint density at radius 1 is 1.27 bits per heavy atom. The van der Waals surface area contributed by atoms with E-state index in [0.717, 1.165) is 24.1 Å². The quantitative estimate of drug-likeness (QED) is 0.801. The van der Waals surface area contributed by atoms with Gasteiger partial charge in [-0.1, -0.05) is 25.7 Å². The van der Waals surface area contributed by atoms with Gasteiger partial charge in [0.25, 0.3) is 5.56 Å². The fraction of sp³-hybridized carbons (Fsp3) is 0.688. The van der Waals surface area contributed by atoms with Gasteiger partial charge in [-0.05, 0) is 19.3 Å². The predicted octanol–water partition coefficient (Wildman–Crippen LogP) is 1.57. The van der Waals surface area contributed by atoms with E-state index in [9.17, 15) is 9.59 Å². The highest BCUT2D eigenvalue weighted by Crippen LogP contribution is 2.18.